The Morgan fingerprint density at radius 1 is 1.11 bits per heavy atom. The summed E-state index contributed by atoms with van der Waals surface area (Å²) < 4.78 is 25.8. The summed E-state index contributed by atoms with van der Waals surface area (Å²) in [5.74, 6) is -2.20. The van der Waals surface area contributed by atoms with Crippen molar-refractivity contribution in [1.82, 2.24) is 10.2 Å². The minimum absolute atomic E-state index is 0.00532. The van der Waals surface area contributed by atoms with Gasteiger partial charge in [-0.1, -0.05) is 11.6 Å². The van der Waals surface area contributed by atoms with Gasteiger partial charge in [-0.15, -0.1) is 10.2 Å². The lowest BCUT2D eigenvalue weighted by Crippen LogP contribution is -2.14. The molecule has 7 heteroatoms. The Kier molecular flexibility index (Phi) is 3.47. The van der Waals surface area contributed by atoms with Gasteiger partial charge in [0.15, 0.2) is 10.8 Å². The normalized spacial score (nSPS) is 10.2. The molecule has 0 saturated heterocycles. The van der Waals surface area contributed by atoms with Gasteiger partial charge >= 0.3 is 0 Å². The Bertz CT molecular complexity index is 569. The number of nitrogens with one attached hydrogen (secondary N) is 1. The molecule has 1 amide bonds. The van der Waals surface area contributed by atoms with Crippen LogP contribution in [0.4, 0.5) is 14.5 Å². The highest BCUT2D eigenvalue weighted by molar-refractivity contribution is 6.29. The average molecular weight is 270 g/mol. The lowest BCUT2D eigenvalue weighted by molar-refractivity contribution is 0.102. The van der Waals surface area contributed by atoms with E-state index >= 15 is 0 Å². The molecule has 1 N–H and O–H groups in total. The van der Waals surface area contributed by atoms with Crippen molar-refractivity contribution in [1.29, 1.82) is 0 Å². The third-order valence-electron chi connectivity index (χ3n) is 1.99. The number of aromatic nitrogens is 2. The summed E-state index contributed by atoms with van der Waals surface area (Å²) in [5.41, 5.74) is -0.0154. The lowest BCUT2D eigenvalue weighted by atomic mass is 10.3. The summed E-state index contributed by atoms with van der Waals surface area (Å²) in [4.78, 5) is 11.6. The predicted octanol–water partition coefficient (Wildman–Crippen LogP) is 2.66. The second-order valence-electron chi connectivity index (χ2n) is 3.35. The van der Waals surface area contributed by atoms with Crippen LogP contribution in [-0.2, 0) is 0 Å². The van der Waals surface area contributed by atoms with E-state index < -0.39 is 17.5 Å². The van der Waals surface area contributed by atoms with Crippen molar-refractivity contribution < 1.29 is 13.6 Å². The highest BCUT2D eigenvalue weighted by Gasteiger charge is 2.09. The molecule has 4 nitrogen and oxygen atoms in total. The van der Waals surface area contributed by atoms with Gasteiger partial charge in [0.25, 0.3) is 5.91 Å². The summed E-state index contributed by atoms with van der Waals surface area (Å²) in [6, 6.07) is 5.42. The summed E-state index contributed by atoms with van der Waals surface area (Å²) in [6.07, 6.45) is 0. The van der Waals surface area contributed by atoms with Crippen LogP contribution in [0.3, 0.4) is 0 Å². The van der Waals surface area contributed by atoms with Gasteiger partial charge < -0.3 is 5.32 Å². The SMILES string of the molecule is O=C(Nc1cc(F)cc(F)c1)c1ccc(Cl)nn1. The minimum Gasteiger partial charge on any atom is -0.320 e. The van der Waals surface area contributed by atoms with Crippen molar-refractivity contribution in [2.24, 2.45) is 0 Å². The first-order chi connectivity index (χ1) is 8.54. The van der Waals surface area contributed by atoms with E-state index in [-0.39, 0.29) is 16.5 Å². The fourth-order valence-corrected chi connectivity index (χ4v) is 1.36. The van der Waals surface area contributed by atoms with Crippen LogP contribution < -0.4 is 5.32 Å². The van der Waals surface area contributed by atoms with E-state index in [9.17, 15) is 13.6 Å². The number of nitrogens with zero attached hydrogens (tertiary/aromatic N) is 2. The van der Waals surface area contributed by atoms with Crippen molar-refractivity contribution in [3.8, 4) is 0 Å². The van der Waals surface area contributed by atoms with Gasteiger partial charge in [0.2, 0.25) is 0 Å². The average Bonchev–Trinajstić information content (AvgIpc) is 2.28. The number of rotatable bonds is 2. The maximum atomic E-state index is 12.9. The van der Waals surface area contributed by atoms with Crippen LogP contribution in [0, 0.1) is 11.6 Å². The van der Waals surface area contributed by atoms with Gasteiger partial charge in [0.05, 0.1) is 0 Å². The zero-order chi connectivity index (χ0) is 13.1. The number of halogens is 3. The fourth-order valence-electron chi connectivity index (χ4n) is 1.26. The number of carbonyl (C=O) groups is 1. The van der Waals surface area contributed by atoms with Crippen LogP contribution in [0.2, 0.25) is 5.15 Å². The van der Waals surface area contributed by atoms with Crippen LogP contribution in [-0.4, -0.2) is 16.1 Å². The number of benzene rings is 1. The second kappa shape index (κ2) is 5.05. The van der Waals surface area contributed by atoms with Gasteiger partial charge in [-0.05, 0) is 24.3 Å². The molecule has 1 aromatic carbocycles. The van der Waals surface area contributed by atoms with E-state index in [4.69, 9.17) is 11.6 Å². The van der Waals surface area contributed by atoms with E-state index in [2.05, 4.69) is 15.5 Å². The molecular formula is C11H6ClF2N3O. The summed E-state index contributed by atoms with van der Waals surface area (Å²) in [6.45, 7) is 0. The van der Waals surface area contributed by atoms with Crippen molar-refractivity contribution in [3.05, 3.63) is 52.8 Å². The van der Waals surface area contributed by atoms with Crippen molar-refractivity contribution in [2.45, 2.75) is 0 Å². The Morgan fingerprint density at radius 3 is 2.33 bits per heavy atom. The quantitative estimate of drug-likeness (QED) is 0.912. The van der Waals surface area contributed by atoms with Crippen molar-refractivity contribution >= 4 is 23.2 Å². The molecule has 1 heterocycles. The summed E-state index contributed by atoms with van der Waals surface area (Å²) >= 11 is 5.51. The maximum absolute atomic E-state index is 12.9. The molecule has 2 aromatic rings. The summed E-state index contributed by atoms with van der Waals surface area (Å²) in [5, 5.41) is 9.46. The molecule has 0 atom stereocenters. The lowest BCUT2D eigenvalue weighted by Gasteiger charge is -2.04. The van der Waals surface area contributed by atoms with Gasteiger partial charge in [0.1, 0.15) is 11.6 Å². The highest BCUT2D eigenvalue weighted by Crippen LogP contribution is 2.13. The van der Waals surface area contributed by atoms with Crippen LogP contribution in [0.5, 0.6) is 0 Å². The molecule has 0 bridgehead atoms. The van der Waals surface area contributed by atoms with Crippen molar-refractivity contribution in [2.75, 3.05) is 5.32 Å². The molecule has 0 aliphatic heterocycles. The number of anilines is 1. The molecule has 0 saturated carbocycles. The molecule has 0 aliphatic carbocycles. The van der Waals surface area contributed by atoms with Crippen LogP contribution in [0.15, 0.2) is 30.3 Å². The van der Waals surface area contributed by atoms with E-state index in [1.807, 2.05) is 0 Å². The number of hydrogen-bond donors (Lipinski definition) is 1. The predicted molar refractivity (Wildman–Crippen MR) is 61.4 cm³/mol. The van der Waals surface area contributed by atoms with Crippen LogP contribution in [0.25, 0.3) is 0 Å². The molecule has 18 heavy (non-hydrogen) atoms. The van der Waals surface area contributed by atoms with Crippen LogP contribution >= 0.6 is 11.6 Å². The third kappa shape index (κ3) is 2.98. The molecule has 2 rings (SSSR count). The van der Waals surface area contributed by atoms with E-state index in [1.54, 1.807) is 0 Å². The zero-order valence-corrected chi connectivity index (χ0v) is 9.58. The molecule has 0 radical (unpaired) electrons. The summed E-state index contributed by atoms with van der Waals surface area (Å²) in [7, 11) is 0. The zero-order valence-electron chi connectivity index (χ0n) is 8.82. The molecule has 0 fully saturated rings. The first kappa shape index (κ1) is 12.4. The van der Waals surface area contributed by atoms with Crippen molar-refractivity contribution in [3.63, 3.8) is 0 Å². The van der Waals surface area contributed by atoms with Crippen LogP contribution in [0.1, 0.15) is 10.5 Å². The first-order valence-electron chi connectivity index (χ1n) is 4.81. The number of hydrogen-bond acceptors (Lipinski definition) is 3. The van der Waals surface area contributed by atoms with Gasteiger partial charge in [-0.2, -0.15) is 0 Å². The highest BCUT2D eigenvalue weighted by atomic mass is 35.5. The third-order valence-corrected chi connectivity index (χ3v) is 2.19. The minimum atomic E-state index is -0.785. The smallest absolute Gasteiger partial charge is 0.276 e. The first-order valence-corrected chi connectivity index (χ1v) is 5.19. The number of amides is 1. The molecular weight excluding hydrogens is 264 g/mol. The topological polar surface area (TPSA) is 54.9 Å². The fraction of sp³-hybridized carbons (Fsp3) is 0. The Morgan fingerprint density at radius 2 is 1.78 bits per heavy atom. The largest absolute Gasteiger partial charge is 0.320 e. The van der Waals surface area contributed by atoms with Gasteiger partial charge in [0, 0.05) is 11.8 Å². The molecule has 92 valence electrons. The molecule has 1 aromatic heterocycles. The second-order valence-corrected chi connectivity index (χ2v) is 3.74. The van der Waals surface area contributed by atoms with E-state index in [1.165, 1.54) is 12.1 Å². The maximum Gasteiger partial charge on any atom is 0.276 e. The Balaban J connectivity index is 2.18. The van der Waals surface area contributed by atoms with E-state index in [0.29, 0.717) is 6.07 Å². The molecule has 0 spiro atoms. The monoisotopic (exact) mass is 269 g/mol. The van der Waals surface area contributed by atoms with E-state index in [0.717, 1.165) is 12.1 Å². The number of carbonyl (C=O) groups excluding carboxylic acids is 1. The Hall–Kier alpha value is -2.08. The molecule has 0 unspecified atom stereocenters. The van der Waals surface area contributed by atoms with Gasteiger partial charge in [-0.3, -0.25) is 4.79 Å². The standard InChI is InChI=1S/C11H6ClF2N3O/c12-10-2-1-9(16-17-10)11(18)15-8-4-6(13)3-7(14)5-8/h1-5H,(H,15,18). The van der Waals surface area contributed by atoms with Gasteiger partial charge in [-0.25, -0.2) is 8.78 Å². The Labute approximate surface area is 106 Å². The molecule has 0 aliphatic rings.